The van der Waals surface area contributed by atoms with Gasteiger partial charge in [0.15, 0.2) is 0 Å². The summed E-state index contributed by atoms with van der Waals surface area (Å²) in [5, 5.41) is 9.54. The molecule has 0 unspecified atom stereocenters. The SMILES string of the molecule is C[C@@H]1C[C@@H](C)CN(c2oc(-c3ccc(S(=O)(=O)N4CCOCC4)cc3)nc2C#N)C1. The second kappa shape index (κ2) is 8.38. The van der Waals surface area contributed by atoms with Crippen molar-refractivity contribution in [3.8, 4) is 17.5 Å². The van der Waals surface area contributed by atoms with Gasteiger partial charge >= 0.3 is 0 Å². The van der Waals surface area contributed by atoms with E-state index in [0.717, 1.165) is 19.5 Å². The van der Waals surface area contributed by atoms with Gasteiger partial charge in [-0.15, -0.1) is 0 Å². The summed E-state index contributed by atoms with van der Waals surface area (Å²) >= 11 is 0. The Labute approximate surface area is 177 Å². The minimum Gasteiger partial charge on any atom is -0.419 e. The summed E-state index contributed by atoms with van der Waals surface area (Å²) in [4.78, 5) is 6.67. The van der Waals surface area contributed by atoms with Crippen LogP contribution < -0.4 is 4.90 Å². The quantitative estimate of drug-likeness (QED) is 0.735. The Hall–Kier alpha value is -2.41. The lowest BCUT2D eigenvalue weighted by molar-refractivity contribution is 0.0730. The fourth-order valence-corrected chi connectivity index (χ4v) is 5.66. The van der Waals surface area contributed by atoms with E-state index >= 15 is 0 Å². The van der Waals surface area contributed by atoms with Gasteiger partial charge in [0, 0.05) is 31.7 Å². The molecule has 0 radical (unpaired) electrons. The fraction of sp³-hybridized carbons (Fsp3) is 0.524. The van der Waals surface area contributed by atoms with E-state index in [1.807, 2.05) is 0 Å². The van der Waals surface area contributed by atoms with Crippen LogP contribution in [0.25, 0.3) is 11.5 Å². The third-order valence-electron chi connectivity index (χ3n) is 5.58. The van der Waals surface area contributed by atoms with E-state index in [-0.39, 0.29) is 10.6 Å². The van der Waals surface area contributed by atoms with Crippen molar-refractivity contribution in [2.45, 2.75) is 25.2 Å². The first-order valence-electron chi connectivity index (χ1n) is 10.2. The molecule has 2 atom stereocenters. The Kier molecular flexibility index (Phi) is 5.82. The standard InChI is InChI=1S/C21H26N4O4S/c1-15-11-16(2)14-24(13-15)21-19(12-22)23-20(29-21)17-3-5-18(6-4-17)30(26,27)25-7-9-28-10-8-25/h3-6,15-16H,7-11,13-14H2,1-2H3/t15-,16-/m1/s1. The largest absolute Gasteiger partial charge is 0.419 e. The monoisotopic (exact) mass is 430 g/mol. The van der Waals surface area contributed by atoms with E-state index in [1.54, 1.807) is 24.3 Å². The van der Waals surface area contributed by atoms with E-state index in [2.05, 4.69) is 29.8 Å². The number of ether oxygens (including phenoxy) is 1. The lowest BCUT2D eigenvalue weighted by atomic mass is 9.92. The molecule has 1 aromatic carbocycles. The minimum atomic E-state index is -3.56. The minimum absolute atomic E-state index is 0.221. The lowest BCUT2D eigenvalue weighted by Gasteiger charge is -2.34. The zero-order valence-electron chi connectivity index (χ0n) is 17.2. The van der Waals surface area contributed by atoms with Gasteiger partial charge in [-0.1, -0.05) is 13.8 Å². The number of nitriles is 1. The summed E-state index contributed by atoms with van der Waals surface area (Å²) in [5.74, 6) is 1.84. The molecule has 3 heterocycles. The number of piperidine rings is 1. The Balaban J connectivity index is 1.59. The maximum Gasteiger partial charge on any atom is 0.243 e. The van der Waals surface area contributed by atoms with E-state index in [4.69, 9.17) is 9.15 Å². The Bertz CT molecular complexity index is 1030. The van der Waals surface area contributed by atoms with Crippen molar-refractivity contribution in [1.29, 1.82) is 5.26 Å². The maximum absolute atomic E-state index is 12.8. The van der Waals surface area contributed by atoms with Gasteiger partial charge in [-0.05, 0) is 42.5 Å². The second-order valence-electron chi connectivity index (χ2n) is 8.18. The first-order chi connectivity index (χ1) is 14.4. The number of aromatic nitrogens is 1. The summed E-state index contributed by atoms with van der Waals surface area (Å²) in [6, 6.07) is 8.59. The molecule has 2 saturated heterocycles. The first kappa shape index (κ1) is 20.8. The highest BCUT2D eigenvalue weighted by Crippen LogP contribution is 2.33. The normalized spacial score (nSPS) is 23.3. The molecule has 2 aliphatic rings. The van der Waals surface area contributed by atoms with Crippen molar-refractivity contribution < 1.29 is 17.6 Å². The average Bonchev–Trinajstić information content (AvgIpc) is 3.18. The van der Waals surface area contributed by atoms with Gasteiger partial charge in [-0.25, -0.2) is 8.42 Å². The number of benzene rings is 1. The van der Waals surface area contributed by atoms with Gasteiger partial charge < -0.3 is 14.1 Å². The zero-order valence-corrected chi connectivity index (χ0v) is 18.1. The van der Waals surface area contributed by atoms with E-state index in [1.165, 1.54) is 4.31 Å². The molecule has 160 valence electrons. The molecule has 0 amide bonds. The van der Waals surface area contributed by atoms with Crippen LogP contribution >= 0.6 is 0 Å². The molecule has 0 bridgehead atoms. The van der Waals surface area contributed by atoms with Crippen LogP contribution in [0.15, 0.2) is 33.6 Å². The topological polar surface area (TPSA) is 99.7 Å². The van der Waals surface area contributed by atoms with E-state index < -0.39 is 10.0 Å². The fourth-order valence-electron chi connectivity index (χ4n) is 4.26. The third kappa shape index (κ3) is 4.08. The van der Waals surface area contributed by atoms with Gasteiger partial charge in [-0.3, -0.25) is 0 Å². The molecule has 9 heteroatoms. The number of anilines is 1. The number of nitrogens with zero attached hydrogens (tertiary/aromatic N) is 4. The average molecular weight is 431 g/mol. The predicted octanol–water partition coefficient (Wildman–Crippen LogP) is 2.72. The van der Waals surface area contributed by atoms with Crippen molar-refractivity contribution in [2.75, 3.05) is 44.3 Å². The highest BCUT2D eigenvalue weighted by Gasteiger charge is 2.29. The van der Waals surface area contributed by atoms with Crippen molar-refractivity contribution >= 4 is 15.9 Å². The van der Waals surface area contributed by atoms with Crippen LogP contribution in [-0.4, -0.2) is 57.1 Å². The van der Waals surface area contributed by atoms with Crippen LogP contribution in [0.1, 0.15) is 26.0 Å². The summed E-state index contributed by atoms with van der Waals surface area (Å²) in [6.45, 7) is 7.55. The van der Waals surface area contributed by atoms with Crippen molar-refractivity contribution in [3.05, 3.63) is 30.0 Å². The Morgan fingerprint density at radius 2 is 1.73 bits per heavy atom. The number of hydrogen-bond donors (Lipinski definition) is 0. The van der Waals surface area contributed by atoms with Gasteiger partial charge in [0.05, 0.1) is 18.1 Å². The molecule has 8 nitrogen and oxygen atoms in total. The molecule has 4 rings (SSSR count). The van der Waals surface area contributed by atoms with Crippen LogP contribution in [0.4, 0.5) is 5.88 Å². The molecular formula is C21H26N4O4S. The Morgan fingerprint density at radius 3 is 2.33 bits per heavy atom. The van der Waals surface area contributed by atoms with Crippen LogP contribution in [0.5, 0.6) is 0 Å². The van der Waals surface area contributed by atoms with E-state index in [0.29, 0.717) is 55.5 Å². The van der Waals surface area contributed by atoms with Crippen LogP contribution in [0.3, 0.4) is 0 Å². The summed E-state index contributed by atoms with van der Waals surface area (Å²) < 4.78 is 38.2. The van der Waals surface area contributed by atoms with Crippen LogP contribution in [0, 0.1) is 23.2 Å². The molecule has 0 spiro atoms. The number of hydrogen-bond acceptors (Lipinski definition) is 7. The molecule has 0 saturated carbocycles. The van der Waals surface area contributed by atoms with Gasteiger partial charge in [0.2, 0.25) is 27.5 Å². The third-order valence-corrected chi connectivity index (χ3v) is 7.49. The molecule has 0 aliphatic carbocycles. The van der Waals surface area contributed by atoms with Crippen LogP contribution in [0.2, 0.25) is 0 Å². The zero-order chi connectivity index (χ0) is 21.3. The molecule has 0 N–H and O–H groups in total. The van der Waals surface area contributed by atoms with Gasteiger partial charge in [-0.2, -0.15) is 14.6 Å². The number of rotatable bonds is 4. The number of morpholine rings is 1. The summed E-state index contributed by atoms with van der Waals surface area (Å²) in [7, 11) is -3.56. The molecule has 2 aliphatic heterocycles. The van der Waals surface area contributed by atoms with Gasteiger partial charge in [0.25, 0.3) is 0 Å². The number of sulfonamides is 1. The summed E-state index contributed by atoms with van der Waals surface area (Å²) in [5.41, 5.74) is 0.896. The Morgan fingerprint density at radius 1 is 1.10 bits per heavy atom. The highest BCUT2D eigenvalue weighted by atomic mass is 32.2. The van der Waals surface area contributed by atoms with Crippen molar-refractivity contribution in [2.24, 2.45) is 11.8 Å². The van der Waals surface area contributed by atoms with Crippen molar-refractivity contribution in [3.63, 3.8) is 0 Å². The second-order valence-corrected chi connectivity index (χ2v) is 10.1. The number of oxazole rings is 1. The van der Waals surface area contributed by atoms with Gasteiger partial charge in [0.1, 0.15) is 6.07 Å². The maximum atomic E-state index is 12.8. The molecular weight excluding hydrogens is 404 g/mol. The molecule has 1 aromatic heterocycles. The lowest BCUT2D eigenvalue weighted by Crippen LogP contribution is -2.40. The first-order valence-corrected chi connectivity index (χ1v) is 11.7. The molecule has 2 aromatic rings. The highest BCUT2D eigenvalue weighted by molar-refractivity contribution is 7.89. The summed E-state index contributed by atoms with van der Waals surface area (Å²) in [6.07, 6.45) is 1.15. The van der Waals surface area contributed by atoms with E-state index in [9.17, 15) is 13.7 Å². The molecule has 30 heavy (non-hydrogen) atoms. The van der Waals surface area contributed by atoms with Crippen molar-refractivity contribution in [1.82, 2.24) is 9.29 Å². The molecule has 2 fully saturated rings. The van der Waals surface area contributed by atoms with Crippen LogP contribution in [-0.2, 0) is 14.8 Å². The predicted molar refractivity (Wildman–Crippen MR) is 111 cm³/mol. The smallest absolute Gasteiger partial charge is 0.243 e.